The van der Waals surface area contributed by atoms with Crippen LogP contribution in [0.15, 0.2) is 40.9 Å². The number of rotatable bonds is 4. The molecule has 1 saturated heterocycles. The molecule has 0 saturated carbocycles. The summed E-state index contributed by atoms with van der Waals surface area (Å²) < 4.78 is 32.7. The van der Waals surface area contributed by atoms with E-state index in [4.69, 9.17) is 14.0 Å². The molecule has 1 fully saturated rings. The number of aryl methyl sites for hydroxylation is 1. The summed E-state index contributed by atoms with van der Waals surface area (Å²) in [6.45, 7) is 10.3. The molecule has 0 bridgehead atoms. The second kappa shape index (κ2) is 6.99. The summed E-state index contributed by atoms with van der Waals surface area (Å²) in [6.07, 6.45) is 0. The van der Waals surface area contributed by atoms with Gasteiger partial charge in [-0.3, -0.25) is 0 Å². The van der Waals surface area contributed by atoms with Crippen molar-refractivity contribution in [3.8, 4) is 5.75 Å². The predicted molar refractivity (Wildman–Crippen MR) is 105 cm³/mol. The first-order chi connectivity index (χ1) is 12.1. The Balaban J connectivity index is 1.91. The highest BCUT2D eigenvalue weighted by Crippen LogP contribution is 2.38. The van der Waals surface area contributed by atoms with Crippen LogP contribution < -0.4 is 10.2 Å². The number of benzene rings is 2. The Bertz CT molecular complexity index is 807. The standard InChI is InChI=1S/C20H23BBrFO3/c1-13-9-16(21-25-19(2,3)20(4,5)26-21)18(17(22)10-13)24-12-14-7-6-8-15(23)11-14/h6-11H,12H2,1-5H3. The molecule has 0 spiro atoms. The Morgan fingerprint density at radius 3 is 2.35 bits per heavy atom. The van der Waals surface area contributed by atoms with Gasteiger partial charge in [-0.2, -0.15) is 0 Å². The van der Waals surface area contributed by atoms with E-state index in [-0.39, 0.29) is 12.4 Å². The third-order valence-corrected chi connectivity index (χ3v) is 5.59. The van der Waals surface area contributed by atoms with Crippen LogP contribution in [0.3, 0.4) is 0 Å². The molecule has 3 rings (SSSR count). The van der Waals surface area contributed by atoms with Gasteiger partial charge in [0.25, 0.3) is 0 Å². The average molecular weight is 421 g/mol. The summed E-state index contributed by atoms with van der Waals surface area (Å²) in [5.41, 5.74) is 1.78. The molecule has 2 aromatic carbocycles. The van der Waals surface area contributed by atoms with Crippen LogP contribution >= 0.6 is 15.9 Å². The summed E-state index contributed by atoms with van der Waals surface area (Å²) >= 11 is 3.58. The van der Waals surface area contributed by atoms with Gasteiger partial charge in [0.1, 0.15) is 18.2 Å². The van der Waals surface area contributed by atoms with Crippen molar-refractivity contribution in [1.29, 1.82) is 0 Å². The first-order valence-electron chi connectivity index (χ1n) is 8.62. The van der Waals surface area contributed by atoms with Crippen LogP contribution in [-0.4, -0.2) is 18.3 Å². The Hall–Kier alpha value is -1.37. The van der Waals surface area contributed by atoms with Gasteiger partial charge in [0.2, 0.25) is 0 Å². The lowest BCUT2D eigenvalue weighted by molar-refractivity contribution is 0.00578. The zero-order valence-electron chi connectivity index (χ0n) is 15.7. The Labute approximate surface area is 163 Å². The first kappa shape index (κ1) is 19.4. The molecule has 6 heteroatoms. The van der Waals surface area contributed by atoms with Crippen LogP contribution in [0.2, 0.25) is 0 Å². The summed E-state index contributed by atoms with van der Waals surface area (Å²) in [5, 5.41) is 0. The zero-order valence-corrected chi connectivity index (χ0v) is 17.3. The van der Waals surface area contributed by atoms with Crippen LogP contribution in [0.5, 0.6) is 5.75 Å². The Morgan fingerprint density at radius 2 is 1.73 bits per heavy atom. The molecule has 0 N–H and O–H groups in total. The van der Waals surface area contributed by atoms with Gasteiger partial charge in [0, 0.05) is 5.46 Å². The summed E-state index contributed by atoms with van der Waals surface area (Å²) in [7, 11) is -0.529. The van der Waals surface area contributed by atoms with Gasteiger partial charge < -0.3 is 14.0 Å². The number of ether oxygens (including phenoxy) is 1. The fourth-order valence-corrected chi connectivity index (χ4v) is 3.54. The van der Waals surface area contributed by atoms with Crippen LogP contribution in [0.1, 0.15) is 38.8 Å². The Kier molecular flexibility index (Phi) is 5.21. The van der Waals surface area contributed by atoms with E-state index >= 15 is 0 Å². The van der Waals surface area contributed by atoms with Gasteiger partial charge in [-0.25, -0.2) is 4.39 Å². The van der Waals surface area contributed by atoms with E-state index in [2.05, 4.69) is 15.9 Å². The van der Waals surface area contributed by atoms with Gasteiger partial charge in [-0.05, 0) is 74.3 Å². The van der Waals surface area contributed by atoms with Gasteiger partial charge in [-0.1, -0.05) is 23.8 Å². The van der Waals surface area contributed by atoms with Crippen molar-refractivity contribution in [3.63, 3.8) is 0 Å². The quantitative estimate of drug-likeness (QED) is 0.666. The molecule has 0 aromatic heterocycles. The van der Waals surface area contributed by atoms with Crippen molar-refractivity contribution in [2.24, 2.45) is 0 Å². The third-order valence-electron chi connectivity index (χ3n) is 5.00. The van der Waals surface area contributed by atoms with Gasteiger partial charge in [0.05, 0.1) is 15.7 Å². The molecule has 1 aliphatic rings. The van der Waals surface area contributed by atoms with E-state index in [1.54, 1.807) is 6.07 Å². The fourth-order valence-electron chi connectivity index (χ4n) is 2.84. The first-order valence-corrected chi connectivity index (χ1v) is 9.41. The van der Waals surface area contributed by atoms with Gasteiger partial charge >= 0.3 is 7.12 Å². The number of hydrogen-bond acceptors (Lipinski definition) is 3. The average Bonchev–Trinajstić information content (AvgIpc) is 2.74. The van der Waals surface area contributed by atoms with E-state index in [9.17, 15) is 4.39 Å². The van der Waals surface area contributed by atoms with Crippen molar-refractivity contribution in [1.82, 2.24) is 0 Å². The molecule has 26 heavy (non-hydrogen) atoms. The van der Waals surface area contributed by atoms with Crippen LogP contribution in [0.25, 0.3) is 0 Å². The summed E-state index contributed by atoms with van der Waals surface area (Å²) in [5.74, 6) is 0.374. The molecule has 1 heterocycles. The maximum Gasteiger partial charge on any atom is 0.498 e. The highest BCUT2D eigenvalue weighted by Gasteiger charge is 2.52. The van der Waals surface area contributed by atoms with Crippen LogP contribution in [0, 0.1) is 12.7 Å². The minimum atomic E-state index is -0.529. The second-order valence-corrected chi connectivity index (χ2v) is 8.53. The van der Waals surface area contributed by atoms with Crippen molar-refractivity contribution in [3.05, 3.63) is 57.8 Å². The van der Waals surface area contributed by atoms with Crippen molar-refractivity contribution in [2.45, 2.75) is 52.4 Å². The fraction of sp³-hybridized carbons (Fsp3) is 0.400. The minimum absolute atomic E-state index is 0.256. The van der Waals surface area contributed by atoms with E-state index < -0.39 is 18.3 Å². The van der Waals surface area contributed by atoms with Crippen molar-refractivity contribution >= 4 is 28.5 Å². The van der Waals surface area contributed by atoms with Gasteiger partial charge in [-0.15, -0.1) is 0 Å². The molecule has 2 aromatic rings. The summed E-state index contributed by atoms with van der Waals surface area (Å²) in [4.78, 5) is 0. The highest BCUT2D eigenvalue weighted by atomic mass is 79.9. The molecule has 1 aliphatic heterocycles. The second-order valence-electron chi connectivity index (χ2n) is 7.67. The smallest absolute Gasteiger partial charge is 0.488 e. The van der Waals surface area contributed by atoms with E-state index in [0.29, 0.717) is 5.75 Å². The molecular weight excluding hydrogens is 398 g/mol. The summed E-state index contributed by atoms with van der Waals surface area (Å²) in [6, 6.07) is 10.4. The molecule has 138 valence electrons. The molecule has 0 atom stereocenters. The van der Waals surface area contributed by atoms with E-state index in [1.807, 2.05) is 52.8 Å². The Morgan fingerprint density at radius 1 is 1.08 bits per heavy atom. The topological polar surface area (TPSA) is 27.7 Å². The van der Waals surface area contributed by atoms with E-state index in [0.717, 1.165) is 21.1 Å². The van der Waals surface area contributed by atoms with Crippen LogP contribution in [0.4, 0.5) is 4.39 Å². The number of halogens is 2. The molecule has 3 nitrogen and oxygen atoms in total. The van der Waals surface area contributed by atoms with Gasteiger partial charge in [0.15, 0.2) is 0 Å². The highest BCUT2D eigenvalue weighted by molar-refractivity contribution is 9.10. The van der Waals surface area contributed by atoms with Crippen molar-refractivity contribution in [2.75, 3.05) is 0 Å². The third kappa shape index (κ3) is 3.82. The normalized spacial score (nSPS) is 18.2. The van der Waals surface area contributed by atoms with E-state index in [1.165, 1.54) is 12.1 Å². The monoisotopic (exact) mass is 420 g/mol. The molecule has 0 unspecified atom stereocenters. The largest absolute Gasteiger partial charge is 0.498 e. The lowest BCUT2D eigenvalue weighted by Crippen LogP contribution is -2.41. The SMILES string of the molecule is Cc1cc(Br)c(OCc2cccc(F)c2)c(B2OC(C)(C)C(C)(C)O2)c1. The lowest BCUT2D eigenvalue weighted by atomic mass is 9.77. The molecule has 0 aliphatic carbocycles. The predicted octanol–water partition coefficient (Wildman–Crippen LogP) is 4.77. The van der Waals surface area contributed by atoms with Crippen molar-refractivity contribution < 1.29 is 18.4 Å². The zero-order chi connectivity index (χ0) is 19.1. The molecular formula is C20H23BBrFO3. The van der Waals surface area contributed by atoms with Crippen LogP contribution in [-0.2, 0) is 15.9 Å². The number of hydrogen-bond donors (Lipinski definition) is 0. The molecule has 0 amide bonds. The lowest BCUT2D eigenvalue weighted by Gasteiger charge is -2.32. The minimum Gasteiger partial charge on any atom is -0.488 e. The molecule has 0 radical (unpaired) electrons. The maximum atomic E-state index is 13.4. The maximum absolute atomic E-state index is 13.4.